The highest BCUT2D eigenvalue weighted by Gasteiger charge is 2.38. The maximum atomic E-state index is 14.1. The molecular formula is C32H38N4O2. The Hall–Kier alpha value is -3.74. The molecule has 3 aromatic carbocycles. The molecule has 1 atom stereocenters. The highest BCUT2D eigenvalue weighted by molar-refractivity contribution is 5.94. The van der Waals surface area contributed by atoms with Crippen LogP contribution in [0.4, 0.5) is 0 Å². The third kappa shape index (κ3) is 6.77. The first-order valence-electron chi connectivity index (χ1n) is 13.2. The van der Waals surface area contributed by atoms with Crippen molar-refractivity contribution in [2.45, 2.75) is 39.8 Å². The monoisotopic (exact) mass is 510 g/mol. The van der Waals surface area contributed by atoms with Gasteiger partial charge in [0.05, 0.1) is 18.8 Å². The van der Waals surface area contributed by atoms with Gasteiger partial charge in [-0.25, -0.2) is 10.5 Å². The topological polar surface area (TPSA) is 59.4 Å². The number of imidazole rings is 1. The number of hydrogen-bond acceptors (Lipinski definition) is 4. The van der Waals surface area contributed by atoms with Gasteiger partial charge in [0.25, 0.3) is 5.91 Å². The van der Waals surface area contributed by atoms with Gasteiger partial charge >= 0.3 is 0 Å². The number of rotatable bonds is 11. The fourth-order valence-corrected chi connectivity index (χ4v) is 4.82. The predicted octanol–water partition coefficient (Wildman–Crippen LogP) is 6.37. The highest BCUT2D eigenvalue weighted by atomic mass is 16.6. The Labute approximate surface area is 226 Å². The van der Waals surface area contributed by atoms with Gasteiger partial charge in [-0.1, -0.05) is 99.6 Å². The number of hydroxylamine groups is 1. The lowest BCUT2D eigenvalue weighted by molar-refractivity contribution is 0.0446. The standard InChI is InChI=1S/C32H38N4O2/c1-32(2,3)29(36(22-14-21-33-38-4)31(37)27-19-12-7-13-20-27)30-34-28(26-17-10-6-11-18-26)24-35(30)23-25-15-8-5-9-16-25/h5-13,15-20,24,29,33H,14,21-23H2,1-4H3. The van der Waals surface area contributed by atoms with E-state index in [-0.39, 0.29) is 17.4 Å². The minimum Gasteiger partial charge on any atom is -0.328 e. The van der Waals surface area contributed by atoms with E-state index in [2.05, 4.69) is 73.4 Å². The van der Waals surface area contributed by atoms with E-state index in [1.54, 1.807) is 7.11 Å². The van der Waals surface area contributed by atoms with Crippen molar-refractivity contribution in [3.8, 4) is 11.3 Å². The van der Waals surface area contributed by atoms with E-state index in [9.17, 15) is 4.79 Å². The fraction of sp³-hybridized carbons (Fsp3) is 0.312. The van der Waals surface area contributed by atoms with Gasteiger partial charge in [0.2, 0.25) is 0 Å². The molecule has 0 bridgehead atoms. The van der Waals surface area contributed by atoms with E-state index >= 15 is 0 Å². The summed E-state index contributed by atoms with van der Waals surface area (Å²) in [5.74, 6) is 0.877. The molecule has 6 heteroatoms. The van der Waals surface area contributed by atoms with Gasteiger partial charge in [-0.05, 0) is 29.5 Å². The largest absolute Gasteiger partial charge is 0.328 e. The van der Waals surface area contributed by atoms with Crippen LogP contribution in [0.15, 0.2) is 97.2 Å². The summed E-state index contributed by atoms with van der Waals surface area (Å²) < 4.78 is 2.21. The van der Waals surface area contributed by atoms with Crippen molar-refractivity contribution >= 4 is 5.91 Å². The molecule has 4 rings (SSSR count). The Morgan fingerprint density at radius 2 is 1.55 bits per heavy atom. The van der Waals surface area contributed by atoms with E-state index in [0.717, 1.165) is 23.5 Å². The number of carbonyl (C=O) groups is 1. The van der Waals surface area contributed by atoms with Crippen molar-refractivity contribution in [3.63, 3.8) is 0 Å². The van der Waals surface area contributed by atoms with Crippen LogP contribution < -0.4 is 5.48 Å². The lowest BCUT2D eigenvalue weighted by Crippen LogP contribution is -2.43. The SMILES string of the molecule is CONCCCN(C(=O)c1ccccc1)C(c1nc(-c2ccccc2)cn1Cc1ccccc1)C(C)(C)C. The quantitative estimate of drug-likeness (QED) is 0.188. The molecule has 0 aliphatic heterocycles. The van der Waals surface area contributed by atoms with Gasteiger partial charge < -0.3 is 14.3 Å². The third-order valence-corrected chi connectivity index (χ3v) is 6.55. The molecule has 0 aliphatic rings. The van der Waals surface area contributed by atoms with Gasteiger partial charge in [0.15, 0.2) is 0 Å². The molecule has 0 aliphatic carbocycles. The number of amides is 1. The van der Waals surface area contributed by atoms with Crippen LogP contribution in [0, 0.1) is 5.41 Å². The van der Waals surface area contributed by atoms with Crippen LogP contribution in [0.3, 0.4) is 0 Å². The smallest absolute Gasteiger partial charge is 0.254 e. The Morgan fingerprint density at radius 1 is 0.947 bits per heavy atom. The molecular weight excluding hydrogens is 472 g/mol. The van der Waals surface area contributed by atoms with Crippen LogP contribution in [0.1, 0.15) is 55.0 Å². The van der Waals surface area contributed by atoms with Gasteiger partial charge in [0.1, 0.15) is 5.82 Å². The van der Waals surface area contributed by atoms with E-state index < -0.39 is 0 Å². The lowest BCUT2D eigenvalue weighted by atomic mass is 9.84. The normalized spacial score (nSPS) is 12.3. The van der Waals surface area contributed by atoms with Crippen LogP contribution >= 0.6 is 0 Å². The second kappa shape index (κ2) is 12.7. The van der Waals surface area contributed by atoms with Crippen molar-refractivity contribution in [1.82, 2.24) is 19.9 Å². The first-order valence-corrected chi connectivity index (χ1v) is 13.2. The second-order valence-corrected chi connectivity index (χ2v) is 10.5. The number of nitrogens with zero attached hydrogens (tertiary/aromatic N) is 3. The van der Waals surface area contributed by atoms with Gasteiger partial charge in [-0.2, -0.15) is 0 Å². The van der Waals surface area contributed by atoms with Gasteiger partial charge in [0, 0.05) is 37.0 Å². The predicted molar refractivity (Wildman–Crippen MR) is 153 cm³/mol. The molecule has 1 amide bonds. The molecule has 0 spiro atoms. The second-order valence-electron chi connectivity index (χ2n) is 10.5. The highest BCUT2D eigenvalue weighted by Crippen LogP contribution is 2.39. The summed E-state index contributed by atoms with van der Waals surface area (Å²) in [5.41, 5.74) is 6.44. The molecule has 0 fully saturated rings. The number of nitrogens with one attached hydrogen (secondary N) is 1. The summed E-state index contributed by atoms with van der Waals surface area (Å²) in [6.07, 6.45) is 2.86. The average molecular weight is 511 g/mol. The molecule has 1 unspecified atom stereocenters. The zero-order valence-corrected chi connectivity index (χ0v) is 22.8. The number of aromatic nitrogens is 2. The molecule has 198 valence electrons. The molecule has 1 aromatic heterocycles. The van der Waals surface area contributed by atoms with E-state index in [1.165, 1.54) is 5.56 Å². The zero-order chi connectivity index (χ0) is 27.0. The molecule has 0 radical (unpaired) electrons. The lowest BCUT2D eigenvalue weighted by Gasteiger charge is -2.40. The number of carbonyl (C=O) groups excluding carboxylic acids is 1. The summed E-state index contributed by atoms with van der Waals surface area (Å²) in [6, 6.07) is 29.9. The van der Waals surface area contributed by atoms with Gasteiger partial charge in [-0.15, -0.1) is 0 Å². The van der Waals surface area contributed by atoms with Crippen molar-refractivity contribution in [3.05, 3.63) is 114 Å². The Morgan fingerprint density at radius 3 is 2.16 bits per heavy atom. The molecule has 4 aromatic rings. The van der Waals surface area contributed by atoms with Crippen LogP contribution in [0.5, 0.6) is 0 Å². The third-order valence-electron chi connectivity index (χ3n) is 6.55. The van der Waals surface area contributed by atoms with E-state index in [4.69, 9.17) is 9.82 Å². The van der Waals surface area contributed by atoms with E-state index in [0.29, 0.717) is 25.2 Å². The number of benzene rings is 3. The van der Waals surface area contributed by atoms with Crippen molar-refractivity contribution in [1.29, 1.82) is 0 Å². The maximum Gasteiger partial charge on any atom is 0.254 e. The van der Waals surface area contributed by atoms with Crippen LogP contribution in [-0.2, 0) is 11.4 Å². The average Bonchev–Trinajstić information content (AvgIpc) is 3.33. The Balaban J connectivity index is 1.83. The molecule has 0 saturated carbocycles. The summed E-state index contributed by atoms with van der Waals surface area (Å²) in [4.78, 5) is 26.3. The Kier molecular flexibility index (Phi) is 9.10. The van der Waals surface area contributed by atoms with E-state index in [1.807, 2.05) is 59.5 Å². The van der Waals surface area contributed by atoms with Crippen LogP contribution in [0.2, 0.25) is 0 Å². The summed E-state index contributed by atoms with van der Waals surface area (Å²) in [5, 5.41) is 0. The fourth-order valence-electron chi connectivity index (χ4n) is 4.82. The minimum atomic E-state index is -0.285. The number of hydrogen-bond donors (Lipinski definition) is 1. The summed E-state index contributed by atoms with van der Waals surface area (Å²) >= 11 is 0. The van der Waals surface area contributed by atoms with Gasteiger partial charge in [-0.3, -0.25) is 4.79 Å². The van der Waals surface area contributed by atoms with Crippen LogP contribution in [-0.4, -0.2) is 40.6 Å². The summed E-state index contributed by atoms with van der Waals surface area (Å²) in [6.45, 7) is 8.41. The zero-order valence-electron chi connectivity index (χ0n) is 22.8. The first-order chi connectivity index (χ1) is 18.4. The minimum absolute atomic E-state index is 0.00142. The Bertz CT molecular complexity index is 1280. The molecule has 0 saturated heterocycles. The van der Waals surface area contributed by atoms with Crippen molar-refractivity contribution < 1.29 is 9.63 Å². The molecule has 6 nitrogen and oxygen atoms in total. The van der Waals surface area contributed by atoms with Crippen LogP contribution in [0.25, 0.3) is 11.3 Å². The molecule has 1 N–H and O–H groups in total. The maximum absolute atomic E-state index is 14.1. The molecule has 38 heavy (non-hydrogen) atoms. The summed E-state index contributed by atoms with van der Waals surface area (Å²) in [7, 11) is 1.61. The molecule has 1 heterocycles. The van der Waals surface area contributed by atoms with Crippen molar-refractivity contribution in [2.24, 2.45) is 5.41 Å². The van der Waals surface area contributed by atoms with Crippen molar-refractivity contribution in [2.75, 3.05) is 20.2 Å². The first kappa shape index (κ1) is 27.3.